The van der Waals surface area contributed by atoms with Crippen LogP contribution in [0.4, 0.5) is 0 Å². The molecule has 2 aliphatic heterocycles. The van der Waals surface area contributed by atoms with E-state index in [1.807, 2.05) is 0 Å². The molecule has 2 unspecified atom stereocenters. The molecule has 106 valence electrons. The fourth-order valence-corrected chi connectivity index (χ4v) is 4.73. The highest BCUT2D eigenvalue weighted by Gasteiger charge is 2.93. The van der Waals surface area contributed by atoms with Crippen molar-refractivity contribution in [1.82, 2.24) is 0 Å². The monoisotopic (exact) mass is 266 g/mol. The minimum absolute atomic E-state index is 0.228. The van der Waals surface area contributed by atoms with Gasteiger partial charge >= 0.3 is 5.97 Å². The molecule has 0 bridgehead atoms. The fraction of sp³-hybridized carbons (Fsp3) is 0.933. The van der Waals surface area contributed by atoms with Crippen molar-refractivity contribution in [1.29, 1.82) is 0 Å². The number of carboxylic acid groups (broad SMARTS) is 1. The van der Waals surface area contributed by atoms with Gasteiger partial charge in [0.15, 0.2) is 0 Å². The van der Waals surface area contributed by atoms with Crippen LogP contribution < -0.4 is 0 Å². The highest BCUT2D eigenvalue weighted by molar-refractivity contribution is 5.76. The van der Waals surface area contributed by atoms with Crippen molar-refractivity contribution in [3.05, 3.63) is 0 Å². The maximum atomic E-state index is 12.0. The second kappa shape index (κ2) is 3.53. The number of hydrogen-bond acceptors (Lipinski definition) is 3. The van der Waals surface area contributed by atoms with Crippen molar-refractivity contribution in [3.8, 4) is 0 Å². The van der Waals surface area contributed by atoms with Crippen molar-refractivity contribution >= 4 is 5.97 Å². The van der Waals surface area contributed by atoms with Crippen LogP contribution >= 0.6 is 0 Å². The van der Waals surface area contributed by atoms with Gasteiger partial charge < -0.3 is 14.6 Å². The lowest BCUT2D eigenvalue weighted by molar-refractivity contribution is -0.159. The number of aliphatic carboxylic acids is 1. The lowest BCUT2D eigenvalue weighted by Gasteiger charge is -2.41. The molecule has 4 heteroatoms. The number of carboxylic acids is 1. The zero-order valence-corrected chi connectivity index (χ0v) is 11.5. The molecule has 2 saturated carbocycles. The fourth-order valence-electron chi connectivity index (χ4n) is 4.73. The molecule has 2 atom stereocenters. The Labute approximate surface area is 113 Å². The summed E-state index contributed by atoms with van der Waals surface area (Å²) in [4.78, 5) is 12.0. The molecule has 0 amide bonds. The smallest absolute Gasteiger partial charge is 0.310 e. The molecule has 0 radical (unpaired) electrons. The van der Waals surface area contributed by atoms with Gasteiger partial charge in [-0.1, -0.05) is 39.0 Å². The maximum absolute atomic E-state index is 12.0. The van der Waals surface area contributed by atoms with Gasteiger partial charge in [-0.05, 0) is 18.3 Å². The van der Waals surface area contributed by atoms with Gasteiger partial charge in [0.1, 0.15) is 0 Å². The van der Waals surface area contributed by atoms with E-state index in [-0.39, 0.29) is 11.7 Å². The van der Waals surface area contributed by atoms with Crippen LogP contribution in [0.15, 0.2) is 0 Å². The second-order valence-corrected chi connectivity index (χ2v) is 7.03. The number of epoxide rings is 2. The van der Waals surface area contributed by atoms with Crippen LogP contribution in [-0.4, -0.2) is 22.7 Å². The van der Waals surface area contributed by atoms with E-state index in [0.29, 0.717) is 18.8 Å². The average molecular weight is 266 g/mol. The van der Waals surface area contributed by atoms with Gasteiger partial charge in [-0.2, -0.15) is 0 Å². The number of carbonyl (C=O) groups is 1. The summed E-state index contributed by atoms with van der Waals surface area (Å²) in [5.74, 6) is -0.693. The quantitative estimate of drug-likeness (QED) is 0.798. The Balaban J connectivity index is 1.58. The first kappa shape index (κ1) is 12.2. The molecule has 4 nitrogen and oxygen atoms in total. The zero-order chi connectivity index (χ0) is 13.3. The SMILES string of the molecule is CC(C1CCCCC1)C1(C(=O)O)CCC23OC2(C1)O3. The number of rotatable bonds is 3. The van der Waals surface area contributed by atoms with E-state index in [4.69, 9.17) is 9.47 Å². The van der Waals surface area contributed by atoms with E-state index in [0.717, 1.165) is 6.42 Å². The van der Waals surface area contributed by atoms with Crippen LogP contribution in [0.2, 0.25) is 0 Å². The first-order valence-corrected chi connectivity index (χ1v) is 7.67. The Kier molecular flexibility index (Phi) is 2.26. The Morgan fingerprint density at radius 3 is 2.42 bits per heavy atom. The standard InChI is InChI=1S/C15H22O4/c1-10(11-5-3-2-4-6-11)13(12(16)17)7-8-14-15(9-13,18-14)19-14/h10-11H,2-9H2,1H3,(H,16,17). The molecule has 0 aromatic heterocycles. The molecule has 0 aromatic carbocycles. The number of hydrogen-bond donors (Lipinski definition) is 1. The Morgan fingerprint density at radius 2 is 1.84 bits per heavy atom. The molecule has 0 spiro atoms. The van der Waals surface area contributed by atoms with Crippen molar-refractivity contribution in [3.63, 3.8) is 0 Å². The summed E-state index contributed by atoms with van der Waals surface area (Å²) in [5, 5.41) is 9.85. The normalized spacial score (nSPS) is 49.9. The van der Waals surface area contributed by atoms with Crippen LogP contribution in [-0.2, 0) is 14.3 Å². The van der Waals surface area contributed by atoms with E-state index in [1.54, 1.807) is 0 Å². The van der Waals surface area contributed by atoms with Gasteiger partial charge in [0.25, 0.3) is 0 Å². The maximum Gasteiger partial charge on any atom is 0.310 e. The number of ether oxygens (including phenoxy) is 2. The third-order valence-electron chi connectivity index (χ3n) is 6.26. The molecular weight excluding hydrogens is 244 g/mol. The first-order chi connectivity index (χ1) is 9.04. The molecule has 1 N–H and O–H groups in total. The van der Waals surface area contributed by atoms with E-state index in [2.05, 4.69) is 6.92 Å². The van der Waals surface area contributed by atoms with Crippen molar-refractivity contribution in [2.45, 2.75) is 69.9 Å². The minimum Gasteiger partial charge on any atom is -0.481 e. The highest BCUT2D eigenvalue weighted by Crippen LogP contribution is 2.78. The van der Waals surface area contributed by atoms with E-state index in [1.165, 1.54) is 32.1 Å². The average Bonchev–Trinajstić information content (AvgIpc) is 3.24. The zero-order valence-electron chi connectivity index (χ0n) is 11.5. The van der Waals surface area contributed by atoms with Crippen molar-refractivity contribution in [2.24, 2.45) is 17.3 Å². The van der Waals surface area contributed by atoms with E-state index < -0.39 is 17.2 Å². The highest BCUT2D eigenvalue weighted by atomic mass is 17.0. The minimum atomic E-state index is -0.639. The molecule has 0 aromatic rings. The van der Waals surface area contributed by atoms with Crippen LogP contribution in [0.25, 0.3) is 0 Å². The Morgan fingerprint density at radius 1 is 1.16 bits per heavy atom. The van der Waals surface area contributed by atoms with Gasteiger partial charge in [-0.3, -0.25) is 4.79 Å². The van der Waals surface area contributed by atoms with Gasteiger partial charge in [0.05, 0.1) is 5.41 Å². The molecule has 4 fully saturated rings. The van der Waals surface area contributed by atoms with Gasteiger partial charge in [-0.25, -0.2) is 0 Å². The van der Waals surface area contributed by atoms with Crippen molar-refractivity contribution in [2.75, 3.05) is 0 Å². The Bertz CT molecular complexity index is 420. The predicted octanol–water partition coefficient (Wildman–Crippen LogP) is 2.91. The summed E-state index contributed by atoms with van der Waals surface area (Å²) in [6.07, 6.45) is 8.24. The van der Waals surface area contributed by atoms with Gasteiger partial charge in [0.2, 0.25) is 11.6 Å². The summed E-state index contributed by atoms with van der Waals surface area (Å²) in [5.41, 5.74) is -0.626. The van der Waals surface area contributed by atoms with Gasteiger partial charge in [-0.15, -0.1) is 0 Å². The molecule has 4 aliphatic rings. The van der Waals surface area contributed by atoms with Crippen LogP contribution in [0, 0.1) is 17.3 Å². The summed E-state index contributed by atoms with van der Waals surface area (Å²) in [6, 6.07) is 0. The summed E-state index contributed by atoms with van der Waals surface area (Å²) < 4.78 is 11.2. The topological polar surface area (TPSA) is 62.4 Å². The lowest BCUT2D eigenvalue weighted by Crippen LogP contribution is -2.44. The molecule has 19 heavy (non-hydrogen) atoms. The third kappa shape index (κ3) is 1.44. The predicted molar refractivity (Wildman–Crippen MR) is 67.3 cm³/mol. The molecule has 2 saturated heterocycles. The van der Waals surface area contributed by atoms with E-state index >= 15 is 0 Å². The van der Waals surface area contributed by atoms with Crippen LogP contribution in [0.3, 0.4) is 0 Å². The van der Waals surface area contributed by atoms with Crippen LogP contribution in [0.5, 0.6) is 0 Å². The second-order valence-electron chi connectivity index (χ2n) is 7.03. The molecule has 2 aliphatic carbocycles. The summed E-state index contributed by atoms with van der Waals surface area (Å²) in [7, 11) is 0. The lowest BCUT2D eigenvalue weighted by atomic mass is 9.60. The van der Waals surface area contributed by atoms with Crippen LogP contribution in [0.1, 0.15) is 58.3 Å². The van der Waals surface area contributed by atoms with Crippen molar-refractivity contribution < 1.29 is 19.4 Å². The van der Waals surface area contributed by atoms with Gasteiger partial charge in [0, 0.05) is 12.8 Å². The first-order valence-electron chi connectivity index (χ1n) is 7.67. The third-order valence-corrected chi connectivity index (χ3v) is 6.26. The van der Waals surface area contributed by atoms with E-state index in [9.17, 15) is 9.90 Å². The molecular formula is C15H22O4. The molecule has 2 heterocycles. The largest absolute Gasteiger partial charge is 0.481 e. The molecule has 4 rings (SSSR count). The summed E-state index contributed by atoms with van der Waals surface area (Å²) >= 11 is 0. The summed E-state index contributed by atoms with van der Waals surface area (Å²) in [6.45, 7) is 2.15. The Hall–Kier alpha value is -0.610.